The Morgan fingerprint density at radius 3 is 2.37 bits per heavy atom. The Balaban J connectivity index is 1.69. The molecule has 1 N–H and O–H groups in total. The lowest BCUT2D eigenvalue weighted by Crippen LogP contribution is -2.39. The largest absolute Gasteiger partial charge is 0.493 e. The summed E-state index contributed by atoms with van der Waals surface area (Å²) in [6, 6.07) is 10.3. The van der Waals surface area contributed by atoms with E-state index in [-0.39, 0.29) is 11.6 Å². The quantitative estimate of drug-likeness (QED) is 0.695. The van der Waals surface area contributed by atoms with Gasteiger partial charge in [-0.1, -0.05) is 18.2 Å². The van der Waals surface area contributed by atoms with E-state index in [9.17, 15) is 9.59 Å². The van der Waals surface area contributed by atoms with Crippen LogP contribution in [0.2, 0.25) is 0 Å². The van der Waals surface area contributed by atoms with Gasteiger partial charge in [0.25, 0.3) is 5.91 Å². The van der Waals surface area contributed by atoms with Crippen molar-refractivity contribution in [1.82, 2.24) is 5.32 Å². The fraction of sp³-hybridized carbons (Fsp3) is 0.364. The Labute approximate surface area is 175 Å². The number of benzene rings is 2. The fourth-order valence-corrected chi connectivity index (χ4v) is 3.26. The van der Waals surface area contributed by atoms with Gasteiger partial charge in [-0.3, -0.25) is 4.79 Å². The van der Waals surface area contributed by atoms with Crippen molar-refractivity contribution in [3.63, 3.8) is 0 Å². The number of carbonyl (C=O) groups is 2. The summed E-state index contributed by atoms with van der Waals surface area (Å²) < 4.78 is 26.7. The van der Waals surface area contributed by atoms with Crippen LogP contribution in [0.3, 0.4) is 0 Å². The summed E-state index contributed by atoms with van der Waals surface area (Å²) in [5.41, 5.74) is 1.08. The van der Waals surface area contributed by atoms with Crippen LogP contribution in [-0.4, -0.2) is 45.9 Å². The third-order valence-corrected chi connectivity index (χ3v) is 4.83. The molecule has 0 aliphatic carbocycles. The first-order valence-electron chi connectivity index (χ1n) is 9.51. The van der Waals surface area contributed by atoms with Crippen LogP contribution in [-0.2, 0) is 9.53 Å². The van der Waals surface area contributed by atoms with E-state index >= 15 is 0 Å². The van der Waals surface area contributed by atoms with Crippen molar-refractivity contribution < 1.29 is 33.3 Å². The molecule has 160 valence electrons. The van der Waals surface area contributed by atoms with Crippen LogP contribution in [0, 0.1) is 0 Å². The van der Waals surface area contributed by atoms with E-state index in [4.69, 9.17) is 23.7 Å². The number of fused-ring (bicyclic) bond motifs is 1. The monoisotopic (exact) mass is 415 g/mol. The van der Waals surface area contributed by atoms with Gasteiger partial charge in [0.1, 0.15) is 5.75 Å². The minimum atomic E-state index is -0.994. The highest BCUT2D eigenvalue weighted by Crippen LogP contribution is 2.38. The maximum Gasteiger partial charge on any atom is 0.339 e. The lowest BCUT2D eigenvalue weighted by molar-refractivity contribution is -0.130. The molecule has 3 rings (SSSR count). The minimum Gasteiger partial charge on any atom is -0.493 e. The smallest absolute Gasteiger partial charge is 0.339 e. The molecule has 8 heteroatoms. The summed E-state index contributed by atoms with van der Waals surface area (Å²) >= 11 is 0. The first kappa shape index (κ1) is 21.3. The van der Waals surface area contributed by atoms with Gasteiger partial charge < -0.3 is 29.0 Å². The molecule has 1 aliphatic heterocycles. The van der Waals surface area contributed by atoms with E-state index in [0.29, 0.717) is 30.3 Å². The van der Waals surface area contributed by atoms with Crippen molar-refractivity contribution in [3.05, 3.63) is 47.5 Å². The van der Waals surface area contributed by atoms with Gasteiger partial charge >= 0.3 is 5.97 Å². The third-order valence-electron chi connectivity index (χ3n) is 4.83. The van der Waals surface area contributed by atoms with Crippen LogP contribution in [0.15, 0.2) is 36.4 Å². The maximum absolute atomic E-state index is 12.6. The molecule has 2 atom stereocenters. The van der Waals surface area contributed by atoms with E-state index in [1.54, 1.807) is 0 Å². The summed E-state index contributed by atoms with van der Waals surface area (Å²) in [7, 11) is 4.38. The summed E-state index contributed by atoms with van der Waals surface area (Å²) in [5.74, 6) is 0.679. The predicted molar refractivity (Wildman–Crippen MR) is 108 cm³/mol. The number of methoxy groups -OCH3 is 3. The number of hydrogen-bond acceptors (Lipinski definition) is 7. The number of para-hydroxylation sites is 1. The van der Waals surface area contributed by atoms with E-state index < -0.39 is 18.0 Å². The molecule has 1 aliphatic rings. The van der Waals surface area contributed by atoms with Gasteiger partial charge in [0.15, 0.2) is 17.6 Å². The number of amides is 1. The molecule has 2 unspecified atom stereocenters. The fourth-order valence-electron chi connectivity index (χ4n) is 3.26. The van der Waals surface area contributed by atoms with Gasteiger partial charge in [-0.2, -0.15) is 0 Å². The van der Waals surface area contributed by atoms with Gasteiger partial charge in [0.05, 0.1) is 39.5 Å². The lowest BCUT2D eigenvalue weighted by Gasteiger charge is -2.27. The number of esters is 1. The topological polar surface area (TPSA) is 92.3 Å². The molecular weight excluding hydrogens is 390 g/mol. The SMILES string of the molecule is COc1cc(C(=O)OC(C)C(=O)NC2CCOc3ccccc32)cc(OC)c1OC. The molecule has 0 spiro atoms. The highest BCUT2D eigenvalue weighted by atomic mass is 16.6. The van der Waals surface area contributed by atoms with E-state index in [2.05, 4.69) is 5.32 Å². The Bertz CT molecular complexity index is 902. The van der Waals surface area contributed by atoms with Crippen molar-refractivity contribution in [2.24, 2.45) is 0 Å². The second-order valence-electron chi connectivity index (χ2n) is 6.70. The molecule has 0 saturated carbocycles. The van der Waals surface area contributed by atoms with Crippen molar-refractivity contribution in [3.8, 4) is 23.0 Å². The number of nitrogens with one attached hydrogen (secondary N) is 1. The molecule has 1 heterocycles. The third kappa shape index (κ3) is 4.42. The number of ether oxygens (including phenoxy) is 5. The zero-order valence-electron chi connectivity index (χ0n) is 17.4. The molecule has 0 fully saturated rings. The van der Waals surface area contributed by atoms with Crippen LogP contribution in [0.1, 0.15) is 35.3 Å². The molecule has 30 heavy (non-hydrogen) atoms. The normalized spacial score (nSPS) is 15.8. The standard InChI is InChI=1S/C22H25NO7/c1-13(21(24)23-16-9-10-29-17-8-6-5-7-15(16)17)30-22(25)14-11-18(26-2)20(28-4)19(12-14)27-3/h5-8,11-13,16H,9-10H2,1-4H3,(H,23,24). The van der Waals surface area contributed by atoms with Crippen LogP contribution < -0.4 is 24.3 Å². The Morgan fingerprint density at radius 1 is 1.07 bits per heavy atom. The summed E-state index contributed by atoms with van der Waals surface area (Å²) in [6.45, 7) is 2.03. The van der Waals surface area contributed by atoms with Crippen LogP contribution in [0.25, 0.3) is 0 Å². The summed E-state index contributed by atoms with van der Waals surface area (Å²) in [6.07, 6.45) is -0.359. The van der Waals surface area contributed by atoms with Gasteiger partial charge in [0.2, 0.25) is 5.75 Å². The van der Waals surface area contributed by atoms with Gasteiger partial charge in [0, 0.05) is 12.0 Å². The second-order valence-corrected chi connectivity index (χ2v) is 6.70. The van der Waals surface area contributed by atoms with E-state index in [0.717, 1.165) is 11.3 Å². The first-order chi connectivity index (χ1) is 14.5. The molecule has 0 bridgehead atoms. The average molecular weight is 415 g/mol. The Hall–Kier alpha value is -3.42. The van der Waals surface area contributed by atoms with E-state index in [1.165, 1.54) is 40.4 Å². The molecule has 8 nitrogen and oxygen atoms in total. The van der Waals surface area contributed by atoms with E-state index in [1.807, 2.05) is 24.3 Å². The van der Waals surface area contributed by atoms with Crippen LogP contribution in [0.5, 0.6) is 23.0 Å². The predicted octanol–water partition coefficient (Wildman–Crippen LogP) is 2.90. The first-order valence-corrected chi connectivity index (χ1v) is 9.51. The average Bonchev–Trinajstić information content (AvgIpc) is 2.78. The van der Waals surface area contributed by atoms with Gasteiger partial charge in [-0.05, 0) is 25.1 Å². The van der Waals surface area contributed by atoms with Crippen molar-refractivity contribution >= 4 is 11.9 Å². The second kappa shape index (κ2) is 9.39. The number of hydrogen-bond donors (Lipinski definition) is 1. The highest BCUT2D eigenvalue weighted by molar-refractivity contribution is 5.93. The molecule has 2 aromatic carbocycles. The summed E-state index contributed by atoms with van der Waals surface area (Å²) in [5, 5.41) is 2.93. The van der Waals surface area contributed by atoms with Crippen molar-refractivity contribution in [1.29, 1.82) is 0 Å². The molecule has 0 radical (unpaired) electrons. The van der Waals surface area contributed by atoms with Crippen LogP contribution >= 0.6 is 0 Å². The van der Waals surface area contributed by atoms with Gasteiger partial charge in [-0.15, -0.1) is 0 Å². The molecule has 0 aromatic heterocycles. The molecule has 1 amide bonds. The number of rotatable bonds is 7. The van der Waals surface area contributed by atoms with Crippen molar-refractivity contribution in [2.45, 2.75) is 25.5 Å². The van der Waals surface area contributed by atoms with Gasteiger partial charge in [-0.25, -0.2) is 4.79 Å². The maximum atomic E-state index is 12.6. The Morgan fingerprint density at radius 2 is 1.73 bits per heavy atom. The lowest BCUT2D eigenvalue weighted by atomic mass is 10.0. The zero-order chi connectivity index (χ0) is 21.7. The molecular formula is C22H25NO7. The molecule has 0 saturated heterocycles. The zero-order valence-corrected chi connectivity index (χ0v) is 17.4. The highest BCUT2D eigenvalue weighted by Gasteiger charge is 2.27. The number of carbonyl (C=O) groups excluding carboxylic acids is 2. The molecule has 2 aromatic rings. The minimum absolute atomic E-state index is 0.181. The summed E-state index contributed by atoms with van der Waals surface area (Å²) in [4.78, 5) is 25.2. The Kier molecular flexibility index (Phi) is 6.66. The van der Waals surface area contributed by atoms with Crippen LogP contribution in [0.4, 0.5) is 0 Å². The van der Waals surface area contributed by atoms with Crippen molar-refractivity contribution in [2.75, 3.05) is 27.9 Å².